The van der Waals surface area contributed by atoms with Crippen LogP contribution in [0, 0.1) is 12.8 Å². The Kier molecular flexibility index (Phi) is 4.75. The molecule has 0 bridgehead atoms. The molecule has 3 heteroatoms. The molecule has 120 valence electrons. The van der Waals surface area contributed by atoms with Crippen molar-refractivity contribution in [3.63, 3.8) is 0 Å². The topological polar surface area (TPSA) is 33.2 Å². The first-order valence-electron chi connectivity index (χ1n) is 8.42. The number of rotatable bonds is 3. The number of carbonyl (C=O) groups is 1. The Labute approximate surface area is 138 Å². The van der Waals surface area contributed by atoms with Crippen LogP contribution in [0.3, 0.4) is 0 Å². The lowest BCUT2D eigenvalue weighted by Crippen LogP contribution is -2.42. The number of amides is 1. The molecule has 1 aromatic carbocycles. The number of aryl methyl sites for hydroxylation is 1. The molecule has 1 aliphatic heterocycles. The summed E-state index contributed by atoms with van der Waals surface area (Å²) in [7, 11) is 0. The second kappa shape index (κ2) is 6.95. The van der Waals surface area contributed by atoms with Gasteiger partial charge in [-0.05, 0) is 48.9 Å². The van der Waals surface area contributed by atoms with Gasteiger partial charge >= 0.3 is 0 Å². The van der Waals surface area contributed by atoms with Gasteiger partial charge in [0.2, 0.25) is 5.91 Å². The maximum Gasteiger partial charge on any atom is 0.236 e. The van der Waals surface area contributed by atoms with Gasteiger partial charge in [-0.1, -0.05) is 37.3 Å². The van der Waals surface area contributed by atoms with E-state index < -0.39 is 0 Å². The highest BCUT2D eigenvalue weighted by atomic mass is 16.2. The first-order chi connectivity index (χ1) is 11.2. The molecule has 0 N–H and O–H groups in total. The van der Waals surface area contributed by atoms with Gasteiger partial charge in [0.1, 0.15) is 5.92 Å². The molecule has 1 saturated heterocycles. The molecule has 1 aliphatic rings. The normalized spacial score (nSPS) is 19.4. The maximum absolute atomic E-state index is 13.3. The van der Waals surface area contributed by atoms with Gasteiger partial charge in [0.25, 0.3) is 0 Å². The second-order valence-corrected chi connectivity index (χ2v) is 6.58. The minimum atomic E-state index is -0.303. The van der Waals surface area contributed by atoms with Crippen molar-refractivity contribution in [1.29, 1.82) is 0 Å². The van der Waals surface area contributed by atoms with Crippen molar-refractivity contribution in [2.24, 2.45) is 5.92 Å². The van der Waals surface area contributed by atoms with Crippen molar-refractivity contribution in [1.82, 2.24) is 9.88 Å². The van der Waals surface area contributed by atoms with Gasteiger partial charge in [-0.25, -0.2) is 0 Å². The minimum Gasteiger partial charge on any atom is -0.342 e. The van der Waals surface area contributed by atoms with Gasteiger partial charge in [-0.15, -0.1) is 0 Å². The number of aromatic nitrogens is 1. The summed E-state index contributed by atoms with van der Waals surface area (Å²) >= 11 is 0. The van der Waals surface area contributed by atoms with Crippen LogP contribution in [0.1, 0.15) is 42.5 Å². The molecule has 3 rings (SSSR count). The monoisotopic (exact) mass is 308 g/mol. The molecule has 0 aliphatic carbocycles. The fourth-order valence-corrected chi connectivity index (χ4v) is 3.45. The molecule has 1 amide bonds. The average molecular weight is 308 g/mol. The van der Waals surface area contributed by atoms with E-state index in [1.54, 1.807) is 6.20 Å². The third-order valence-electron chi connectivity index (χ3n) is 4.70. The number of benzene rings is 1. The van der Waals surface area contributed by atoms with Crippen molar-refractivity contribution in [3.8, 4) is 0 Å². The van der Waals surface area contributed by atoms with E-state index in [-0.39, 0.29) is 11.8 Å². The van der Waals surface area contributed by atoms with Crippen LogP contribution < -0.4 is 0 Å². The summed E-state index contributed by atoms with van der Waals surface area (Å²) in [5, 5.41) is 0. The van der Waals surface area contributed by atoms with Crippen molar-refractivity contribution >= 4 is 5.91 Å². The molecule has 3 nitrogen and oxygen atoms in total. The largest absolute Gasteiger partial charge is 0.342 e. The third-order valence-corrected chi connectivity index (χ3v) is 4.70. The summed E-state index contributed by atoms with van der Waals surface area (Å²) < 4.78 is 0. The van der Waals surface area contributed by atoms with Gasteiger partial charge in [0.05, 0.1) is 5.69 Å². The van der Waals surface area contributed by atoms with Crippen LogP contribution in [0.4, 0.5) is 0 Å². The molecule has 1 aromatic heterocycles. The summed E-state index contributed by atoms with van der Waals surface area (Å²) in [5.41, 5.74) is 3.04. The fourth-order valence-electron chi connectivity index (χ4n) is 3.45. The van der Waals surface area contributed by atoms with Gasteiger partial charge in [-0.2, -0.15) is 0 Å². The Morgan fingerprint density at radius 1 is 1.22 bits per heavy atom. The Morgan fingerprint density at radius 3 is 2.70 bits per heavy atom. The molecule has 1 fully saturated rings. The van der Waals surface area contributed by atoms with Crippen LogP contribution in [0.15, 0.2) is 48.7 Å². The molecular weight excluding hydrogens is 284 g/mol. The smallest absolute Gasteiger partial charge is 0.236 e. The van der Waals surface area contributed by atoms with E-state index in [1.807, 2.05) is 35.2 Å². The van der Waals surface area contributed by atoms with Crippen LogP contribution in [-0.4, -0.2) is 28.9 Å². The number of piperidine rings is 1. The summed E-state index contributed by atoms with van der Waals surface area (Å²) in [6.07, 6.45) is 4.07. The highest BCUT2D eigenvalue weighted by Gasteiger charge is 2.31. The Balaban J connectivity index is 1.99. The predicted molar refractivity (Wildman–Crippen MR) is 92.2 cm³/mol. The Bertz CT molecular complexity index is 668. The highest BCUT2D eigenvalue weighted by molar-refractivity contribution is 5.87. The zero-order chi connectivity index (χ0) is 16.2. The van der Waals surface area contributed by atoms with Crippen molar-refractivity contribution in [2.45, 2.75) is 32.6 Å². The standard InChI is InChI=1S/C20H24N2O/c1-15-8-7-13-22(14-15)20(23)19(18-11-5-6-12-21-18)17-10-4-3-9-16(17)2/h3-6,9-12,15,19H,7-8,13-14H2,1-2H3. The lowest BCUT2D eigenvalue weighted by Gasteiger charge is -2.34. The number of likely N-dealkylation sites (tertiary alicyclic amines) is 1. The van der Waals surface area contributed by atoms with Gasteiger partial charge in [0.15, 0.2) is 0 Å². The van der Waals surface area contributed by atoms with Crippen molar-refractivity contribution < 1.29 is 4.79 Å². The number of hydrogen-bond acceptors (Lipinski definition) is 2. The van der Waals surface area contributed by atoms with E-state index in [4.69, 9.17) is 0 Å². The Morgan fingerprint density at radius 2 is 2.00 bits per heavy atom. The van der Waals surface area contributed by atoms with E-state index in [0.29, 0.717) is 5.92 Å². The zero-order valence-corrected chi connectivity index (χ0v) is 13.9. The zero-order valence-electron chi connectivity index (χ0n) is 13.9. The molecule has 2 atom stereocenters. The lowest BCUT2D eigenvalue weighted by molar-refractivity contribution is -0.133. The van der Waals surface area contributed by atoms with Gasteiger partial charge in [-0.3, -0.25) is 9.78 Å². The van der Waals surface area contributed by atoms with Gasteiger partial charge < -0.3 is 4.90 Å². The van der Waals surface area contributed by atoms with Crippen molar-refractivity contribution in [3.05, 3.63) is 65.5 Å². The average Bonchev–Trinajstić information content (AvgIpc) is 2.58. The SMILES string of the molecule is Cc1ccccc1C(C(=O)N1CCCC(C)C1)c1ccccn1. The van der Waals surface area contributed by atoms with E-state index in [2.05, 4.69) is 31.0 Å². The molecule has 0 spiro atoms. The summed E-state index contributed by atoms with van der Waals surface area (Å²) in [6, 6.07) is 14.0. The fraction of sp³-hybridized carbons (Fsp3) is 0.400. The molecule has 0 saturated carbocycles. The maximum atomic E-state index is 13.3. The Hall–Kier alpha value is -2.16. The van der Waals surface area contributed by atoms with Crippen LogP contribution >= 0.6 is 0 Å². The van der Waals surface area contributed by atoms with Gasteiger partial charge in [0, 0.05) is 19.3 Å². The summed E-state index contributed by atoms with van der Waals surface area (Å²) in [5.74, 6) is 0.459. The first kappa shape index (κ1) is 15.7. The van der Waals surface area contributed by atoms with E-state index in [1.165, 1.54) is 6.42 Å². The number of nitrogens with zero attached hydrogens (tertiary/aromatic N) is 2. The van der Waals surface area contributed by atoms with E-state index in [9.17, 15) is 4.79 Å². The second-order valence-electron chi connectivity index (χ2n) is 6.58. The molecule has 2 unspecified atom stereocenters. The lowest BCUT2D eigenvalue weighted by atomic mass is 9.89. The van der Waals surface area contributed by atoms with E-state index in [0.717, 1.165) is 36.3 Å². The number of pyridine rings is 1. The molecule has 0 radical (unpaired) electrons. The first-order valence-corrected chi connectivity index (χ1v) is 8.42. The predicted octanol–water partition coefficient (Wildman–Crippen LogP) is 3.78. The van der Waals surface area contributed by atoms with Crippen LogP contribution in [0.25, 0.3) is 0 Å². The summed E-state index contributed by atoms with van der Waals surface area (Å²) in [6.45, 7) is 6.01. The van der Waals surface area contributed by atoms with Crippen LogP contribution in [0.5, 0.6) is 0 Å². The minimum absolute atomic E-state index is 0.185. The van der Waals surface area contributed by atoms with Crippen molar-refractivity contribution in [2.75, 3.05) is 13.1 Å². The van der Waals surface area contributed by atoms with Crippen LogP contribution in [-0.2, 0) is 4.79 Å². The highest BCUT2D eigenvalue weighted by Crippen LogP contribution is 2.29. The number of hydrogen-bond donors (Lipinski definition) is 0. The van der Waals surface area contributed by atoms with E-state index >= 15 is 0 Å². The van der Waals surface area contributed by atoms with Crippen LogP contribution in [0.2, 0.25) is 0 Å². The quantitative estimate of drug-likeness (QED) is 0.864. The summed E-state index contributed by atoms with van der Waals surface area (Å²) in [4.78, 5) is 19.8. The number of carbonyl (C=O) groups excluding carboxylic acids is 1. The molecule has 2 heterocycles. The third kappa shape index (κ3) is 3.44. The molecule has 23 heavy (non-hydrogen) atoms. The molecule has 2 aromatic rings. The molecular formula is C20H24N2O.